The van der Waals surface area contributed by atoms with Gasteiger partial charge in [0.1, 0.15) is 0 Å². The third kappa shape index (κ3) is 7.96. The summed E-state index contributed by atoms with van der Waals surface area (Å²) >= 11 is 0. The summed E-state index contributed by atoms with van der Waals surface area (Å²) in [5.41, 5.74) is 0.0508. The average molecular weight is 130 g/mol. The van der Waals surface area contributed by atoms with Crippen LogP contribution in [0.4, 0.5) is 0 Å². The second-order valence-corrected chi connectivity index (χ2v) is 3.31. The summed E-state index contributed by atoms with van der Waals surface area (Å²) in [5.74, 6) is 0. The minimum Gasteiger partial charge on any atom is -0.376 e. The van der Waals surface area contributed by atoms with Gasteiger partial charge in [-0.15, -0.1) is 0 Å². The SMILES string of the molecule is CCCCOC(C)(C)C. The van der Waals surface area contributed by atoms with E-state index in [2.05, 4.69) is 27.7 Å². The lowest BCUT2D eigenvalue weighted by Gasteiger charge is -2.18. The van der Waals surface area contributed by atoms with Crippen LogP contribution in [-0.2, 0) is 4.74 Å². The topological polar surface area (TPSA) is 9.23 Å². The van der Waals surface area contributed by atoms with E-state index in [4.69, 9.17) is 4.74 Å². The Morgan fingerprint density at radius 1 is 1.22 bits per heavy atom. The Morgan fingerprint density at radius 2 is 1.78 bits per heavy atom. The number of rotatable bonds is 3. The molecule has 0 spiro atoms. The molecule has 0 aliphatic heterocycles. The van der Waals surface area contributed by atoms with E-state index in [1.54, 1.807) is 0 Å². The molecule has 0 saturated carbocycles. The molecule has 1 heteroatoms. The van der Waals surface area contributed by atoms with Gasteiger partial charge in [0.2, 0.25) is 0 Å². The minimum atomic E-state index is 0.0508. The molecule has 0 rings (SSSR count). The molecule has 0 unspecified atom stereocenters. The molecule has 0 aliphatic carbocycles. The van der Waals surface area contributed by atoms with Crippen LogP contribution in [0.1, 0.15) is 40.5 Å². The van der Waals surface area contributed by atoms with Crippen molar-refractivity contribution >= 4 is 0 Å². The number of hydrogen-bond donors (Lipinski definition) is 0. The van der Waals surface area contributed by atoms with E-state index in [0.29, 0.717) is 0 Å². The van der Waals surface area contributed by atoms with E-state index in [-0.39, 0.29) is 5.60 Å². The summed E-state index contributed by atoms with van der Waals surface area (Å²) < 4.78 is 5.47. The third-order valence-corrected chi connectivity index (χ3v) is 1.03. The first-order chi connectivity index (χ1) is 4.06. The van der Waals surface area contributed by atoms with E-state index < -0.39 is 0 Å². The summed E-state index contributed by atoms with van der Waals surface area (Å²) in [7, 11) is 0. The first-order valence-electron chi connectivity index (χ1n) is 3.70. The summed E-state index contributed by atoms with van der Waals surface area (Å²) in [6, 6.07) is 0. The Balaban J connectivity index is 3.07. The van der Waals surface area contributed by atoms with Crippen LogP contribution in [0.2, 0.25) is 0 Å². The molecule has 0 aliphatic rings. The fourth-order valence-electron chi connectivity index (χ4n) is 0.523. The van der Waals surface area contributed by atoms with Crippen molar-refractivity contribution < 1.29 is 4.74 Å². The zero-order chi connectivity index (χ0) is 7.33. The molecule has 0 amide bonds. The predicted molar refractivity (Wildman–Crippen MR) is 40.6 cm³/mol. The van der Waals surface area contributed by atoms with E-state index in [1.165, 1.54) is 12.8 Å². The number of unbranched alkanes of at least 4 members (excludes halogenated alkanes) is 1. The van der Waals surface area contributed by atoms with E-state index in [9.17, 15) is 0 Å². The van der Waals surface area contributed by atoms with Crippen molar-refractivity contribution in [2.24, 2.45) is 0 Å². The molecule has 0 saturated heterocycles. The van der Waals surface area contributed by atoms with Crippen molar-refractivity contribution in [2.45, 2.75) is 46.1 Å². The van der Waals surface area contributed by atoms with Crippen LogP contribution in [0.25, 0.3) is 0 Å². The molecule has 0 atom stereocenters. The molecule has 0 radical (unpaired) electrons. The van der Waals surface area contributed by atoms with Crippen molar-refractivity contribution in [3.63, 3.8) is 0 Å². The van der Waals surface area contributed by atoms with Gasteiger partial charge in [-0.2, -0.15) is 0 Å². The molecule has 0 fully saturated rings. The second kappa shape index (κ2) is 3.89. The molecule has 1 nitrogen and oxygen atoms in total. The Morgan fingerprint density at radius 3 is 2.11 bits per heavy atom. The van der Waals surface area contributed by atoms with Crippen LogP contribution in [0.3, 0.4) is 0 Å². The lowest BCUT2D eigenvalue weighted by molar-refractivity contribution is -0.00415. The van der Waals surface area contributed by atoms with Crippen molar-refractivity contribution in [1.29, 1.82) is 0 Å². The highest BCUT2D eigenvalue weighted by molar-refractivity contribution is 4.57. The van der Waals surface area contributed by atoms with E-state index in [1.807, 2.05) is 0 Å². The molecule has 0 aromatic carbocycles. The zero-order valence-electron chi connectivity index (χ0n) is 7.03. The van der Waals surface area contributed by atoms with E-state index in [0.717, 1.165) is 6.61 Å². The molecule has 56 valence electrons. The Kier molecular flexibility index (Phi) is 3.87. The Hall–Kier alpha value is -0.0400. The number of ether oxygens (including phenoxy) is 1. The standard InChI is InChI=1S/C8H18O/c1-5-6-7-9-8(2,3)4/h5-7H2,1-4H3. The minimum absolute atomic E-state index is 0.0508. The normalized spacial score (nSPS) is 12.0. The van der Waals surface area contributed by atoms with Gasteiger partial charge < -0.3 is 4.74 Å². The number of hydrogen-bond acceptors (Lipinski definition) is 1. The highest BCUT2D eigenvalue weighted by Gasteiger charge is 2.07. The average Bonchev–Trinajstić information content (AvgIpc) is 1.63. The van der Waals surface area contributed by atoms with Gasteiger partial charge in [0.25, 0.3) is 0 Å². The summed E-state index contributed by atoms with van der Waals surface area (Å²) in [6.07, 6.45) is 2.40. The molecule has 0 N–H and O–H groups in total. The highest BCUT2D eigenvalue weighted by Crippen LogP contribution is 2.06. The maximum atomic E-state index is 5.47. The van der Waals surface area contributed by atoms with Gasteiger partial charge in [-0.3, -0.25) is 0 Å². The van der Waals surface area contributed by atoms with Crippen molar-refractivity contribution in [3.05, 3.63) is 0 Å². The summed E-state index contributed by atoms with van der Waals surface area (Å²) in [5, 5.41) is 0. The van der Waals surface area contributed by atoms with Crippen molar-refractivity contribution in [3.8, 4) is 0 Å². The Labute approximate surface area is 58.4 Å². The van der Waals surface area contributed by atoms with Gasteiger partial charge in [0, 0.05) is 6.61 Å². The van der Waals surface area contributed by atoms with Crippen molar-refractivity contribution in [1.82, 2.24) is 0 Å². The van der Waals surface area contributed by atoms with Gasteiger partial charge in [-0.25, -0.2) is 0 Å². The van der Waals surface area contributed by atoms with Gasteiger partial charge >= 0.3 is 0 Å². The Bertz CT molecular complexity index is 61.5. The predicted octanol–water partition coefficient (Wildman–Crippen LogP) is 2.60. The zero-order valence-corrected chi connectivity index (χ0v) is 7.03. The third-order valence-electron chi connectivity index (χ3n) is 1.03. The van der Waals surface area contributed by atoms with Crippen LogP contribution >= 0.6 is 0 Å². The first-order valence-corrected chi connectivity index (χ1v) is 3.70. The monoisotopic (exact) mass is 130 g/mol. The van der Waals surface area contributed by atoms with Crippen molar-refractivity contribution in [2.75, 3.05) is 6.61 Å². The van der Waals surface area contributed by atoms with Gasteiger partial charge in [0.05, 0.1) is 5.60 Å². The molecule has 0 aromatic rings. The smallest absolute Gasteiger partial charge is 0.0598 e. The van der Waals surface area contributed by atoms with Crippen LogP contribution in [-0.4, -0.2) is 12.2 Å². The molecular weight excluding hydrogens is 112 g/mol. The highest BCUT2D eigenvalue weighted by atomic mass is 16.5. The quantitative estimate of drug-likeness (QED) is 0.533. The fourth-order valence-corrected chi connectivity index (χ4v) is 0.523. The van der Waals surface area contributed by atoms with Gasteiger partial charge in [-0.1, -0.05) is 13.3 Å². The van der Waals surface area contributed by atoms with Crippen LogP contribution in [0.15, 0.2) is 0 Å². The molecule has 0 heterocycles. The van der Waals surface area contributed by atoms with Gasteiger partial charge in [-0.05, 0) is 27.2 Å². The lowest BCUT2D eigenvalue weighted by Crippen LogP contribution is -2.19. The first kappa shape index (κ1) is 8.96. The van der Waals surface area contributed by atoms with Crippen LogP contribution in [0, 0.1) is 0 Å². The molecule has 0 aromatic heterocycles. The molecule has 0 bridgehead atoms. The van der Waals surface area contributed by atoms with Crippen LogP contribution < -0.4 is 0 Å². The van der Waals surface area contributed by atoms with Crippen LogP contribution in [0.5, 0.6) is 0 Å². The lowest BCUT2D eigenvalue weighted by atomic mass is 10.2. The maximum absolute atomic E-state index is 5.47. The fraction of sp³-hybridized carbons (Fsp3) is 1.00. The molecule has 9 heavy (non-hydrogen) atoms. The van der Waals surface area contributed by atoms with Gasteiger partial charge in [0.15, 0.2) is 0 Å². The maximum Gasteiger partial charge on any atom is 0.0598 e. The van der Waals surface area contributed by atoms with E-state index >= 15 is 0 Å². The second-order valence-electron chi connectivity index (χ2n) is 3.31. The summed E-state index contributed by atoms with van der Waals surface area (Å²) in [6.45, 7) is 9.33. The largest absolute Gasteiger partial charge is 0.376 e. The molecular formula is C8H18O. The summed E-state index contributed by atoms with van der Waals surface area (Å²) in [4.78, 5) is 0.